The fraction of sp³-hybridized carbons (Fsp3) is 0.800. The van der Waals surface area contributed by atoms with Crippen LogP contribution in [-0.4, -0.2) is 175 Å². The summed E-state index contributed by atoms with van der Waals surface area (Å²) in [6, 6.07) is 9.50. The topological polar surface area (TPSA) is 209 Å². The molecule has 17 heteroatoms. The number of ether oxygens (including phenoxy) is 8. The molecule has 0 amide bonds. The van der Waals surface area contributed by atoms with Gasteiger partial charge in [-0.3, -0.25) is 14.4 Å². The highest BCUT2D eigenvalue weighted by Crippen LogP contribution is 2.39. The summed E-state index contributed by atoms with van der Waals surface area (Å²) >= 11 is 0. The third-order valence-corrected chi connectivity index (χ3v) is 13.5. The van der Waals surface area contributed by atoms with Gasteiger partial charge >= 0.3 is 17.9 Å². The molecule has 1 aromatic carbocycles. The minimum Gasteiger partial charge on any atom is -0.463 e. The van der Waals surface area contributed by atoms with E-state index in [1.54, 1.807) is 53.6 Å². The lowest BCUT2D eigenvalue weighted by Gasteiger charge is -2.50. The van der Waals surface area contributed by atoms with Gasteiger partial charge in [0.1, 0.15) is 30.7 Å². The molecule has 382 valence electrons. The van der Waals surface area contributed by atoms with Crippen molar-refractivity contribution >= 4 is 24.2 Å². The summed E-state index contributed by atoms with van der Waals surface area (Å²) in [6.07, 6.45) is -7.29. The molecule has 4 rings (SSSR count). The number of β-amino-alcohol motifs (C(OH)–C–C–N with tert-alkyl or cyclic N) is 1. The van der Waals surface area contributed by atoms with E-state index in [0.717, 1.165) is 32.1 Å². The van der Waals surface area contributed by atoms with Crippen LogP contribution in [-0.2, 0) is 63.5 Å². The molecule has 17 nitrogen and oxygen atoms in total. The van der Waals surface area contributed by atoms with Crippen LogP contribution in [0.2, 0.25) is 0 Å². The number of cyclic esters (lactones) is 1. The summed E-state index contributed by atoms with van der Waals surface area (Å²) in [5.74, 6) is -2.57. The van der Waals surface area contributed by atoms with Crippen LogP contribution in [0.15, 0.2) is 30.3 Å². The van der Waals surface area contributed by atoms with E-state index in [1.165, 1.54) is 12.7 Å². The SMILES string of the molecule is CCCC(=O)O[C@H]1[C@H](C)O[C@@H](O[C@H]2[C@H](N(C)C)[C@@H](O)[C@H](O[C@H]3[C@@H](CC=O)C[C@@H](C)[C@@H](O)CN(CCCCc4ccccc4)CC[C@@H](C)OC(=O)C[C@@H](O)[C@@H]3OC)O[C@@H]2C)C[C@@]1(C)OC(=O)CC. The minimum atomic E-state index is -1.44. The molecule has 3 aliphatic heterocycles. The van der Waals surface area contributed by atoms with Gasteiger partial charge in [-0.25, -0.2) is 0 Å². The second kappa shape index (κ2) is 27.3. The number of carbonyl (C=O) groups excluding carboxylic acids is 4. The Kier molecular flexibility index (Phi) is 23.0. The van der Waals surface area contributed by atoms with Crippen LogP contribution in [0.5, 0.6) is 0 Å². The Bertz CT molecular complexity index is 1660. The molecule has 0 bridgehead atoms. The van der Waals surface area contributed by atoms with E-state index in [1.807, 2.05) is 32.0 Å². The number of esters is 3. The zero-order valence-corrected chi connectivity index (χ0v) is 41.7. The van der Waals surface area contributed by atoms with Crippen molar-refractivity contribution in [1.29, 1.82) is 0 Å². The number of methoxy groups -OCH3 is 1. The van der Waals surface area contributed by atoms with Gasteiger partial charge in [0.05, 0.1) is 43.0 Å². The average Bonchev–Trinajstić information content (AvgIpc) is 3.26. The highest BCUT2D eigenvalue weighted by molar-refractivity contribution is 5.71. The number of benzene rings is 1. The van der Waals surface area contributed by atoms with Crippen molar-refractivity contribution in [3.63, 3.8) is 0 Å². The quantitative estimate of drug-likeness (QED) is 0.0808. The van der Waals surface area contributed by atoms with Crippen LogP contribution < -0.4 is 0 Å². The van der Waals surface area contributed by atoms with Crippen LogP contribution in [0.1, 0.15) is 118 Å². The number of likely N-dealkylation sites (N-methyl/N-ethyl adjacent to an activating group) is 1. The van der Waals surface area contributed by atoms with E-state index in [0.29, 0.717) is 25.9 Å². The molecule has 3 heterocycles. The van der Waals surface area contributed by atoms with Gasteiger partial charge < -0.3 is 67.8 Å². The van der Waals surface area contributed by atoms with Crippen molar-refractivity contribution in [2.75, 3.05) is 40.8 Å². The number of hydrogen-bond donors (Lipinski definition) is 3. The summed E-state index contributed by atoms with van der Waals surface area (Å²) < 4.78 is 49.5. The predicted octanol–water partition coefficient (Wildman–Crippen LogP) is 4.37. The van der Waals surface area contributed by atoms with Crippen LogP contribution in [0.25, 0.3) is 0 Å². The van der Waals surface area contributed by atoms with Gasteiger partial charge in [0, 0.05) is 45.9 Å². The molecule has 16 atom stereocenters. The Morgan fingerprint density at radius 3 is 2.30 bits per heavy atom. The molecule has 0 radical (unpaired) electrons. The predicted molar refractivity (Wildman–Crippen MR) is 247 cm³/mol. The van der Waals surface area contributed by atoms with Gasteiger partial charge in [-0.05, 0) is 104 Å². The number of nitrogens with zero attached hydrogens (tertiary/aromatic N) is 2. The third-order valence-electron chi connectivity index (χ3n) is 13.5. The number of rotatable bonds is 18. The van der Waals surface area contributed by atoms with E-state index >= 15 is 0 Å². The Labute approximate surface area is 398 Å². The monoisotopic (exact) mass is 951 g/mol. The Balaban J connectivity index is 1.58. The van der Waals surface area contributed by atoms with Crippen LogP contribution in [0.3, 0.4) is 0 Å². The number of aliphatic hydroxyl groups excluding tert-OH is 3. The molecule has 0 aromatic heterocycles. The highest BCUT2D eigenvalue weighted by Gasteiger charge is 2.54. The lowest BCUT2D eigenvalue weighted by atomic mass is 9.82. The number of aliphatic hydroxyl groups is 3. The van der Waals surface area contributed by atoms with E-state index in [2.05, 4.69) is 17.0 Å². The molecule has 0 saturated carbocycles. The van der Waals surface area contributed by atoms with E-state index in [4.69, 9.17) is 37.9 Å². The number of unbranched alkanes of at least 4 members (excludes halogenated alkanes) is 1. The Morgan fingerprint density at radius 1 is 0.940 bits per heavy atom. The van der Waals surface area contributed by atoms with Gasteiger partial charge in [0.2, 0.25) is 0 Å². The third kappa shape index (κ3) is 16.5. The fourth-order valence-corrected chi connectivity index (χ4v) is 9.80. The molecule has 3 fully saturated rings. The van der Waals surface area contributed by atoms with E-state index in [-0.39, 0.29) is 38.0 Å². The molecule has 0 aliphatic carbocycles. The average molecular weight is 951 g/mol. The first kappa shape index (κ1) is 56.5. The lowest BCUT2D eigenvalue weighted by Crippen LogP contribution is -2.66. The maximum Gasteiger partial charge on any atom is 0.308 e. The summed E-state index contributed by atoms with van der Waals surface area (Å²) in [5, 5.41) is 35.7. The zero-order chi connectivity index (χ0) is 49.4. The van der Waals surface area contributed by atoms with Crippen LogP contribution in [0.4, 0.5) is 0 Å². The maximum absolute atomic E-state index is 13.3. The van der Waals surface area contributed by atoms with E-state index < -0.39 is 116 Å². The van der Waals surface area contributed by atoms with Crippen molar-refractivity contribution in [2.24, 2.45) is 11.8 Å². The number of hydrogen-bond acceptors (Lipinski definition) is 17. The smallest absolute Gasteiger partial charge is 0.308 e. The second-order valence-corrected chi connectivity index (χ2v) is 19.4. The number of carbonyl (C=O) groups is 4. The first-order valence-electron chi connectivity index (χ1n) is 24.5. The molecule has 67 heavy (non-hydrogen) atoms. The molecule has 3 N–H and O–H groups in total. The normalized spacial score (nSPS) is 36.3. The maximum atomic E-state index is 13.3. The summed E-state index contributed by atoms with van der Waals surface area (Å²) in [6.45, 7) is 14.1. The van der Waals surface area contributed by atoms with Gasteiger partial charge in [-0.15, -0.1) is 0 Å². The molecule has 3 saturated heterocycles. The fourth-order valence-electron chi connectivity index (χ4n) is 9.80. The highest BCUT2D eigenvalue weighted by atomic mass is 16.7. The molecule has 0 unspecified atom stereocenters. The number of aldehydes is 1. The zero-order valence-electron chi connectivity index (χ0n) is 41.7. The van der Waals surface area contributed by atoms with Crippen LogP contribution >= 0.6 is 0 Å². The Morgan fingerprint density at radius 2 is 1.66 bits per heavy atom. The Hall–Kier alpha value is -3.10. The summed E-state index contributed by atoms with van der Waals surface area (Å²) in [7, 11) is 4.91. The molecule has 1 aromatic rings. The van der Waals surface area contributed by atoms with Gasteiger partial charge in [0.15, 0.2) is 24.3 Å². The molecular weight excluding hydrogens is 869 g/mol. The van der Waals surface area contributed by atoms with Crippen molar-refractivity contribution in [1.82, 2.24) is 9.80 Å². The molecular formula is C50H82N2O15. The van der Waals surface area contributed by atoms with Crippen molar-refractivity contribution in [3.8, 4) is 0 Å². The molecule has 3 aliphatic rings. The van der Waals surface area contributed by atoms with Gasteiger partial charge in [-0.1, -0.05) is 51.1 Å². The number of aryl methyl sites for hydroxylation is 1. The summed E-state index contributed by atoms with van der Waals surface area (Å²) in [4.78, 5) is 55.2. The first-order valence-corrected chi connectivity index (χ1v) is 24.5. The summed E-state index contributed by atoms with van der Waals surface area (Å²) in [5.41, 5.74) is -0.0407. The molecule has 0 spiro atoms. The standard InChI is InChI=1S/C50H82N2O15/c1-11-18-40(57)64-48-34(6)62-42(29-50(48,7)67-39(56)12-2)65-45-33(5)63-49(44(59)43(45)51(8)9)66-46-36(23-26-53)27-31(3)38(55)30-52(24-17-16-21-35-19-14-13-15-20-35)25-22-32(4)61-41(58)28-37(54)47(46)60-10/h13-15,19-20,26,31-34,36-38,42-49,54-55,59H,11-12,16-18,21-25,27-30H2,1-10H3/t31-,32-,33-,34+,36+,37-,38+,42+,43-,44-,45-,46+,47+,48+,49+,50-/m1/s1. The van der Waals surface area contributed by atoms with Crippen molar-refractivity contribution in [3.05, 3.63) is 35.9 Å². The first-order chi connectivity index (χ1) is 31.8. The van der Waals surface area contributed by atoms with Crippen molar-refractivity contribution in [2.45, 2.75) is 204 Å². The van der Waals surface area contributed by atoms with Crippen LogP contribution in [0, 0.1) is 11.8 Å². The minimum absolute atomic E-state index is 0.00661. The second-order valence-electron chi connectivity index (χ2n) is 19.4. The largest absolute Gasteiger partial charge is 0.463 e. The lowest BCUT2D eigenvalue weighted by molar-refractivity contribution is -0.344. The van der Waals surface area contributed by atoms with Gasteiger partial charge in [0.25, 0.3) is 0 Å². The van der Waals surface area contributed by atoms with Crippen molar-refractivity contribution < 1.29 is 72.4 Å². The van der Waals surface area contributed by atoms with E-state index in [9.17, 15) is 34.5 Å². The van der Waals surface area contributed by atoms with Gasteiger partial charge in [-0.2, -0.15) is 0 Å².